The Hall–Kier alpha value is -0.120. The van der Waals surface area contributed by atoms with E-state index in [4.69, 9.17) is 0 Å². The van der Waals surface area contributed by atoms with Gasteiger partial charge in [0, 0.05) is 32.2 Å². The Labute approximate surface area is 74.5 Å². The minimum absolute atomic E-state index is 0.843. The third-order valence-electron chi connectivity index (χ3n) is 2.98. The van der Waals surface area contributed by atoms with Gasteiger partial charge in [-0.1, -0.05) is 0 Å². The van der Waals surface area contributed by atoms with E-state index in [0.717, 1.165) is 6.04 Å². The van der Waals surface area contributed by atoms with Crippen molar-refractivity contribution in [2.24, 2.45) is 0 Å². The summed E-state index contributed by atoms with van der Waals surface area (Å²) in [6.07, 6.45) is 2.67. The van der Waals surface area contributed by atoms with E-state index in [1.807, 2.05) is 0 Å². The maximum absolute atomic E-state index is 3.46. The maximum Gasteiger partial charge on any atom is 0.0120 e. The highest BCUT2D eigenvalue weighted by atomic mass is 15.2. The molecule has 0 saturated carbocycles. The Morgan fingerprint density at radius 1 is 0.833 bits per heavy atom. The minimum atomic E-state index is 0.843. The number of fused-ring (bicyclic) bond motifs is 1. The standard InChI is InChI=1S/C9H19N3/c1-3-10-5-7-12-8-6-11-4-2-9(1)12/h9-11H,1-8H2. The molecular weight excluding hydrogens is 150 g/mol. The van der Waals surface area contributed by atoms with Gasteiger partial charge in [0.15, 0.2) is 0 Å². The highest BCUT2D eigenvalue weighted by Gasteiger charge is 2.21. The smallest absolute Gasteiger partial charge is 0.0120 e. The fourth-order valence-electron chi connectivity index (χ4n) is 2.22. The molecule has 2 N–H and O–H groups in total. The van der Waals surface area contributed by atoms with Crippen molar-refractivity contribution in [2.45, 2.75) is 18.9 Å². The SMILES string of the molecule is C1CC2CCNCCN2CCN1. The van der Waals surface area contributed by atoms with Gasteiger partial charge in [0.05, 0.1) is 0 Å². The lowest BCUT2D eigenvalue weighted by molar-refractivity contribution is 0.217. The molecule has 0 unspecified atom stereocenters. The second-order valence-corrected chi connectivity index (χ2v) is 3.77. The van der Waals surface area contributed by atoms with E-state index >= 15 is 0 Å². The Kier molecular flexibility index (Phi) is 2.98. The molecular formula is C9H19N3. The first-order valence-corrected chi connectivity index (χ1v) is 5.12. The van der Waals surface area contributed by atoms with E-state index in [1.165, 1.54) is 52.1 Å². The van der Waals surface area contributed by atoms with Crippen LogP contribution in [0, 0.1) is 0 Å². The summed E-state index contributed by atoms with van der Waals surface area (Å²) in [7, 11) is 0. The predicted molar refractivity (Wildman–Crippen MR) is 50.3 cm³/mol. The molecule has 3 heteroatoms. The van der Waals surface area contributed by atoms with Crippen LogP contribution < -0.4 is 10.6 Å². The quantitative estimate of drug-likeness (QED) is 0.519. The zero-order valence-corrected chi connectivity index (χ0v) is 7.68. The highest BCUT2D eigenvalue weighted by Crippen LogP contribution is 2.11. The van der Waals surface area contributed by atoms with Crippen LogP contribution in [0.3, 0.4) is 0 Å². The summed E-state index contributed by atoms with van der Waals surface area (Å²) >= 11 is 0. The molecule has 0 atom stereocenters. The van der Waals surface area contributed by atoms with E-state index in [-0.39, 0.29) is 0 Å². The lowest BCUT2D eigenvalue weighted by atomic mass is 10.1. The molecule has 3 nitrogen and oxygen atoms in total. The van der Waals surface area contributed by atoms with Crippen molar-refractivity contribution in [3.05, 3.63) is 0 Å². The van der Waals surface area contributed by atoms with Crippen molar-refractivity contribution in [3.63, 3.8) is 0 Å². The average molecular weight is 169 g/mol. The van der Waals surface area contributed by atoms with Crippen molar-refractivity contribution in [2.75, 3.05) is 39.3 Å². The number of hydrogen-bond donors (Lipinski definition) is 2. The Balaban J connectivity index is 1.94. The molecule has 0 aromatic carbocycles. The summed E-state index contributed by atoms with van der Waals surface area (Å²) in [5.74, 6) is 0. The normalized spacial score (nSPS) is 29.0. The molecule has 2 aliphatic heterocycles. The second-order valence-electron chi connectivity index (χ2n) is 3.77. The molecule has 0 aromatic rings. The molecule has 12 heavy (non-hydrogen) atoms. The van der Waals surface area contributed by atoms with Gasteiger partial charge in [0.25, 0.3) is 0 Å². The number of nitrogens with one attached hydrogen (secondary N) is 2. The van der Waals surface area contributed by atoms with Gasteiger partial charge in [-0.3, -0.25) is 4.90 Å². The molecule has 70 valence electrons. The van der Waals surface area contributed by atoms with Gasteiger partial charge in [0.2, 0.25) is 0 Å². The van der Waals surface area contributed by atoms with E-state index in [2.05, 4.69) is 15.5 Å². The predicted octanol–water partition coefficient (Wildman–Crippen LogP) is -0.356. The van der Waals surface area contributed by atoms with Crippen LogP contribution in [0.4, 0.5) is 0 Å². The first kappa shape index (κ1) is 8.48. The van der Waals surface area contributed by atoms with Crippen LogP contribution in [0.1, 0.15) is 12.8 Å². The van der Waals surface area contributed by atoms with E-state index in [1.54, 1.807) is 0 Å². The van der Waals surface area contributed by atoms with Gasteiger partial charge in [-0.05, 0) is 25.9 Å². The third-order valence-corrected chi connectivity index (χ3v) is 2.98. The molecule has 2 aliphatic rings. The monoisotopic (exact) mass is 169 g/mol. The molecule has 0 aromatic heterocycles. The van der Waals surface area contributed by atoms with Crippen molar-refractivity contribution < 1.29 is 0 Å². The average Bonchev–Trinajstić information content (AvgIpc) is 2.38. The van der Waals surface area contributed by atoms with Gasteiger partial charge < -0.3 is 10.6 Å². The molecule has 2 saturated heterocycles. The van der Waals surface area contributed by atoms with Crippen molar-refractivity contribution >= 4 is 0 Å². The summed E-state index contributed by atoms with van der Waals surface area (Å²) in [5, 5.41) is 6.92. The van der Waals surface area contributed by atoms with Crippen LogP contribution >= 0.6 is 0 Å². The molecule has 2 fully saturated rings. The van der Waals surface area contributed by atoms with Gasteiger partial charge in [-0.15, -0.1) is 0 Å². The topological polar surface area (TPSA) is 27.3 Å². The summed E-state index contributed by atoms with van der Waals surface area (Å²) in [5.41, 5.74) is 0. The first-order valence-electron chi connectivity index (χ1n) is 5.12. The fourth-order valence-corrected chi connectivity index (χ4v) is 2.22. The van der Waals surface area contributed by atoms with Crippen molar-refractivity contribution in [1.29, 1.82) is 0 Å². The fraction of sp³-hybridized carbons (Fsp3) is 1.00. The molecule has 2 heterocycles. The van der Waals surface area contributed by atoms with Crippen LogP contribution in [0.2, 0.25) is 0 Å². The number of rotatable bonds is 0. The molecule has 0 amide bonds. The maximum atomic E-state index is 3.46. The van der Waals surface area contributed by atoms with E-state index in [0.29, 0.717) is 0 Å². The van der Waals surface area contributed by atoms with Crippen LogP contribution in [-0.4, -0.2) is 50.2 Å². The zero-order chi connectivity index (χ0) is 8.23. The Bertz CT molecular complexity index is 110. The van der Waals surface area contributed by atoms with Gasteiger partial charge in [-0.2, -0.15) is 0 Å². The summed E-state index contributed by atoms with van der Waals surface area (Å²) < 4.78 is 0. The van der Waals surface area contributed by atoms with Gasteiger partial charge in [-0.25, -0.2) is 0 Å². The van der Waals surface area contributed by atoms with Crippen LogP contribution in [0.15, 0.2) is 0 Å². The number of hydrogen-bond acceptors (Lipinski definition) is 3. The summed E-state index contributed by atoms with van der Waals surface area (Å²) in [6, 6.07) is 0.843. The molecule has 0 radical (unpaired) electrons. The molecule has 2 rings (SSSR count). The van der Waals surface area contributed by atoms with Crippen LogP contribution in [0.5, 0.6) is 0 Å². The van der Waals surface area contributed by atoms with Crippen molar-refractivity contribution in [3.8, 4) is 0 Å². The minimum Gasteiger partial charge on any atom is -0.315 e. The lowest BCUT2D eigenvalue weighted by Crippen LogP contribution is -2.37. The van der Waals surface area contributed by atoms with Crippen LogP contribution in [-0.2, 0) is 0 Å². The molecule has 0 aliphatic carbocycles. The van der Waals surface area contributed by atoms with Gasteiger partial charge >= 0.3 is 0 Å². The van der Waals surface area contributed by atoms with E-state index in [9.17, 15) is 0 Å². The van der Waals surface area contributed by atoms with Crippen molar-refractivity contribution in [1.82, 2.24) is 15.5 Å². The highest BCUT2D eigenvalue weighted by molar-refractivity contribution is 4.80. The Morgan fingerprint density at radius 2 is 1.42 bits per heavy atom. The lowest BCUT2D eigenvalue weighted by Gasteiger charge is -2.26. The molecule has 0 spiro atoms. The summed E-state index contributed by atoms with van der Waals surface area (Å²) in [6.45, 7) is 7.26. The third kappa shape index (κ3) is 1.97. The first-order chi connectivity index (χ1) is 5.97. The Morgan fingerprint density at radius 3 is 2.00 bits per heavy atom. The summed E-state index contributed by atoms with van der Waals surface area (Å²) in [4.78, 5) is 2.64. The van der Waals surface area contributed by atoms with E-state index < -0.39 is 0 Å². The second kappa shape index (κ2) is 4.21. The van der Waals surface area contributed by atoms with Crippen LogP contribution in [0.25, 0.3) is 0 Å². The largest absolute Gasteiger partial charge is 0.315 e. The number of nitrogens with zero attached hydrogens (tertiary/aromatic N) is 1. The zero-order valence-electron chi connectivity index (χ0n) is 7.68. The molecule has 0 bridgehead atoms. The van der Waals surface area contributed by atoms with Gasteiger partial charge in [0.1, 0.15) is 0 Å².